The first kappa shape index (κ1) is 15.1. The molecule has 2 nitrogen and oxygen atoms in total. The molecule has 98 valence electrons. The Balaban J connectivity index is 2.28. The van der Waals surface area contributed by atoms with Crippen LogP contribution in [0, 0.1) is 0 Å². The van der Waals surface area contributed by atoms with Gasteiger partial charge in [-0.3, -0.25) is 0 Å². The van der Waals surface area contributed by atoms with Crippen molar-refractivity contribution in [3.05, 3.63) is 12.3 Å². The van der Waals surface area contributed by atoms with Crippen LogP contribution >= 0.6 is 34.8 Å². The van der Waals surface area contributed by atoms with Gasteiger partial charge in [0.15, 0.2) is 0 Å². The molecule has 1 atom stereocenters. The molecule has 0 N–H and O–H groups in total. The van der Waals surface area contributed by atoms with Gasteiger partial charge < -0.3 is 4.74 Å². The van der Waals surface area contributed by atoms with Gasteiger partial charge >= 0.3 is 0 Å². The lowest BCUT2D eigenvalue weighted by Crippen LogP contribution is -2.22. The standard InChI is InChI=1S/C12H18Cl3NO/c1-3-4-5-6-7-8-10-9(2)16-11(17-10)12(13,14)15/h10H,2-8H2,1H3. The van der Waals surface area contributed by atoms with Gasteiger partial charge in [0, 0.05) is 0 Å². The lowest BCUT2D eigenvalue weighted by atomic mass is 10.1. The zero-order valence-corrected chi connectivity index (χ0v) is 12.3. The summed E-state index contributed by atoms with van der Waals surface area (Å²) in [7, 11) is 0. The summed E-state index contributed by atoms with van der Waals surface area (Å²) in [6, 6.07) is 0. The number of alkyl halides is 3. The van der Waals surface area contributed by atoms with E-state index < -0.39 is 3.79 Å². The van der Waals surface area contributed by atoms with Crippen molar-refractivity contribution >= 4 is 40.7 Å². The van der Waals surface area contributed by atoms with E-state index in [1.54, 1.807) is 0 Å². The molecule has 1 heterocycles. The van der Waals surface area contributed by atoms with E-state index in [0.717, 1.165) is 12.8 Å². The number of aliphatic imine (C=N–C) groups is 1. The molecule has 0 aromatic rings. The van der Waals surface area contributed by atoms with Crippen LogP contribution in [0.5, 0.6) is 0 Å². The van der Waals surface area contributed by atoms with Gasteiger partial charge in [-0.2, -0.15) is 0 Å². The third kappa shape index (κ3) is 5.07. The summed E-state index contributed by atoms with van der Waals surface area (Å²) in [5.74, 6) is 0.144. The van der Waals surface area contributed by atoms with E-state index in [1.165, 1.54) is 25.7 Å². The second kappa shape index (κ2) is 6.86. The first-order valence-electron chi connectivity index (χ1n) is 5.96. The molecule has 0 saturated carbocycles. The lowest BCUT2D eigenvalue weighted by molar-refractivity contribution is 0.225. The van der Waals surface area contributed by atoms with Gasteiger partial charge in [0.25, 0.3) is 3.79 Å². The van der Waals surface area contributed by atoms with Crippen molar-refractivity contribution in [1.82, 2.24) is 0 Å². The fourth-order valence-electron chi connectivity index (χ4n) is 1.72. The molecule has 0 aromatic heterocycles. The van der Waals surface area contributed by atoms with Crippen molar-refractivity contribution in [3.63, 3.8) is 0 Å². The molecule has 0 aliphatic carbocycles. The highest BCUT2D eigenvalue weighted by molar-refractivity contribution is 6.76. The summed E-state index contributed by atoms with van der Waals surface area (Å²) in [5.41, 5.74) is 0.654. The molecular formula is C12H18Cl3NO. The average Bonchev–Trinajstić information content (AvgIpc) is 2.60. The van der Waals surface area contributed by atoms with Crippen molar-refractivity contribution in [1.29, 1.82) is 0 Å². The van der Waals surface area contributed by atoms with Crippen molar-refractivity contribution in [2.24, 2.45) is 4.99 Å². The van der Waals surface area contributed by atoms with Crippen LogP contribution in [0.25, 0.3) is 0 Å². The van der Waals surface area contributed by atoms with Crippen LogP contribution in [-0.2, 0) is 4.74 Å². The van der Waals surface area contributed by atoms with E-state index in [2.05, 4.69) is 18.5 Å². The second-order valence-electron chi connectivity index (χ2n) is 4.22. The lowest BCUT2D eigenvalue weighted by Gasteiger charge is -2.14. The van der Waals surface area contributed by atoms with Crippen LogP contribution in [0.15, 0.2) is 17.3 Å². The van der Waals surface area contributed by atoms with Crippen molar-refractivity contribution in [2.75, 3.05) is 0 Å². The molecule has 0 amide bonds. The Morgan fingerprint density at radius 2 is 1.88 bits per heavy atom. The summed E-state index contributed by atoms with van der Waals surface area (Å²) in [6.45, 7) is 6.02. The molecule has 1 aliphatic heterocycles. The number of halogens is 3. The van der Waals surface area contributed by atoms with Gasteiger partial charge in [0.2, 0.25) is 5.90 Å². The Labute approximate surface area is 118 Å². The first-order valence-corrected chi connectivity index (χ1v) is 7.10. The van der Waals surface area contributed by atoms with Crippen molar-refractivity contribution in [3.8, 4) is 0 Å². The van der Waals surface area contributed by atoms with Gasteiger partial charge in [-0.15, -0.1) is 0 Å². The zero-order valence-electron chi connectivity index (χ0n) is 10.0. The van der Waals surface area contributed by atoms with Gasteiger partial charge in [-0.25, -0.2) is 4.99 Å². The molecule has 0 radical (unpaired) electrons. The third-order valence-electron chi connectivity index (χ3n) is 2.68. The van der Waals surface area contributed by atoms with Crippen molar-refractivity contribution < 1.29 is 4.74 Å². The van der Waals surface area contributed by atoms with Gasteiger partial charge in [-0.05, 0) is 12.8 Å². The minimum absolute atomic E-state index is 0.123. The summed E-state index contributed by atoms with van der Waals surface area (Å²) in [5, 5.41) is 0. The number of hydrogen-bond donors (Lipinski definition) is 0. The van der Waals surface area contributed by atoms with Crippen LogP contribution in [0.4, 0.5) is 0 Å². The number of hydrogen-bond acceptors (Lipinski definition) is 2. The Morgan fingerprint density at radius 3 is 2.41 bits per heavy atom. The predicted molar refractivity (Wildman–Crippen MR) is 75.1 cm³/mol. The predicted octanol–water partition coefficient (Wildman–Crippen LogP) is 5.03. The number of rotatable bonds is 6. The largest absolute Gasteiger partial charge is 0.468 e. The average molecular weight is 299 g/mol. The second-order valence-corrected chi connectivity index (χ2v) is 6.50. The highest BCUT2D eigenvalue weighted by Gasteiger charge is 2.37. The van der Waals surface area contributed by atoms with E-state index in [-0.39, 0.29) is 12.0 Å². The third-order valence-corrected chi connectivity index (χ3v) is 3.17. The zero-order chi connectivity index (χ0) is 12.9. The monoisotopic (exact) mass is 297 g/mol. The first-order chi connectivity index (χ1) is 7.95. The minimum Gasteiger partial charge on any atom is -0.468 e. The molecule has 5 heteroatoms. The smallest absolute Gasteiger partial charge is 0.266 e. The molecular weight excluding hydrogens is 280 g/mol. The van der Waals surface area contributed by atoms with E-state index in [4.69, 9.17) is 39.5 Å². The van der Waals surface area contributed by atoms with Crippen LogP contribution in [0.3, 0.4) is 0 Å². The van der Waals surface area contributed by atoms with E-state index in [1.807, 2.05) is 0 Å². The number of nitrogens with zero attached hydrogens (tertiary/aromatic N) is 1. The summed E-state index contributed by atoms with van der Waals surface area (Å²) < 4.78 is 3.92. The van der Waals surface area contributed by atoms with Gasteiger partial charge in [0.1, 0.15) is 6.10 Å². The summed E-state index contributed by atoms with van der Waals surface area (Å²) in [6.07, 6.45) is 6.83. The Kier molecular flexibility index (Phi) is 6.11. The quantitative estimate of drug-likeness (QED) is 0.498. The fourth-order valence-corrected chi connectivity index (χ4v) is 1.98. The van der Waals surface area contributed by atoms with Crippen LogP contribution in [-0.4, -0.2) is 15.8 Å². The van der Waals surface area contributed by atoms with Gasteiger partial charge in [0.05, 0.1) is 5.70 Å². The highest BCUT2D eigenvalue weighted by atomic mass is 35.6. The molecule has 0 fully saturated rings. The van der Waals surface area contributed by atoms with E-state index >= 15 is 0 Å². The normalized spacial score (nSPS) is 20.4. The molecule has 0 saturated heterocycles. The van der Waals surface area contributed by atoms with E-state index in [0.29, 0.717) is 5.70 Å². The maximum Gasteiger partial charge on any atom is 0.266 e. The van der Waals surface area contributed by atoms with Crippen LogP contribution in [0.1, 0.15) is 45.4 Å². The summed E-state index contributed by atoms with van der Waals surface area (Å²) >= 11 is 17.1. The molecule has 1 aliphatic rings. The maximum absolute atomic E-state index is 5.71. The highest BCUT2D eigenvalue weighted by Crippen LogP contribution is 2.34. The fraction of sp³-hybridized carbons (Fsp3) is 0.750. The maximum atomic E-state index is 5.71. The summed E-state index contributed by atoms with van der Waals surface area (Å²) in [4.78, 5) is 4.06. The molecule has 1 rings (SSSR count). The minimum atomic E-state index is -1.58. The van der Waals surface area contributed by atoms with Crippen molar-refractivity contribution in [2.45, 2.75) is 55.3 Å². The Bertz CT molecular complexity index is 297. The van der Waals surface area contributed by atoms with Gasteiger partial charge in [-0.1, -0.05) is 74.0 Å². The SMILES string of the molecule is C=C1N=C(C(Cl)(Cl)Cl)OC1CCCCCCC. The van der Waals surface area contributed by atoms with Crippen LogP contribution in [0.2, 0.25) is 0 Å². The molecule has 0 spiro atoms. The molecule has 1 unspecified atom stereocenters. The van der Waals surface area contributed by atoms with E-state index in [9.17, 15) is 0 Å². The molecule has 17 heavy (non-hydrogen) atoms. The number of unbranched alkanes of at least 4 members (excludes halogenated alkanes) is 4. The van der Waals surface area contributed by atoms with Crippen LogP contribution < -0.4 is 0 Å². The molecule has 0 aromatic carbocycles. The topological polar surface area (TPSA) is 21.6 Å². The molecule has 0 bridgehead atoms. The number of ether oxygens (including phenoxy) is 1. The Morgan fingerprint density at radius 1 is 1.24 bits per heavy atom. The Hall–Kier alpha value is 0.0800.